The summed E-state index contributed by atoms with van der Waals surface area (Å²) in [7, 11) is 3.63. The van der Waals surface area contributed by atoms with Gasteiger partial charge in [-0.05, 0) is 17.7 Å². The maximum Gasteiger partial charge on any atom is 0.0682 e. The Balaban J connectivity index is 2.76. The molecule has 0 saturated carbocycles. The molecule has 4 heteroatoms. The van der Waals surface area contributed by atoms with Crippen LogP contribution in [-0.2, 0) is 11.3 Å². The van der Waals surface area contributed by atoms with E-state index in [1.165, 1.54) is 0 Å². The normalized spacial score (nSPS) is 10.4. The number of benzene rings is 1. The lowest BCUT2D eigenvalue weighted by Crippen LogP contribution is -2.22. The summed E-state index contributed by atoms with van der Waals surface area (Å²) in [6.07, 6.45) is 0. The standard InChI is InChI=1S/C11H16ClNO2/c1-13(5-6-15-2)11-4-3-9(8-14)7-10(11)12/h3-4,7,14H,5-6,8H2,1-2H3. The topological polar surface area (TPSA) is 32.7 Å². The fourth-order valence-corrected chi connectivity index (χ4v) is 1.65. The highest BCUT2D eigenvalue weighted by Crippen LogP contribution is 2.25. The summed E-state index contributed by atoms with van der Waals surface area (Å²) >= 11 is 6.09. The van der Waals surface area contributed by atoms with E-state index in [1.54, 1.807) is 13.2 Å². The molecule has 0 aliphatic carbocycles. The van der Waals surface area contributed by atoms with Crippen LogP contribution in [0.4, 0.5) is 5.69 Å². The maximum absolute atomic E-state index is 8.94. The van der Waals surface area contributed by atoms with Crippen molar-refractivity contribution in [3.8, 4) is 0 Å². The van der Waals surface area contributed by atoms with E-state index < -0.39 is 0 Å². The molecule has 1 rings (SSSR count). The van der Waals surface area contributed by atoms with Crippen LogP contribution in [0.15, 0.2) is 18.2 Å². The highest BCUT2D eigenvalue weighted by atomic mass is 35.5. The van der Waals surface area contributed by atoms with Crippen LogP contribution in [0, 0.1) is 0 Å². The first-order valence-corrected chi connectivity index (χ1v) is 5.16. The monoisotopic (exact) mass is 229 g/mol. The zero-order valence-electron chi connectivity index (χ0n) is 9.03. The maximum atomic E-state index is 8.94. The molecule has 3 nitrogen and oxygen atoms in total. The minimum absolute atomic E-state index is 0.0157. The Morgan fingerprint density at radius 3 is 2.73 bits per heavy atom. The molecule has 15 heavy (non-hydrogen) atoms. The van der Waals surface area contributed by atoms with Crippen molar-refractivity contribution in [3.63, 3.8) is 0 Å². The molecule has 1 N–H and O–H groups in total. The number of halogens is 1. The van der Waals surface area contributed by atoms with Gasteiger partial charge in [0, 0.05) is 20.7 Å². The summed E-state index contributed by atoms with van der Waals surface area (Å²) in [4.78, 5) is 2.02. The van der Waals surface area contributed by atoms with Crippen molar-refractivity contribution in [3.05, 3.63) is 28.8 Å². The van der Waals surface area contributed by atoms with E-state index in [0.717, 1.165) is 17.8 Å². The molecule has 0 bridgehead atoms. The fourth-order valence-electron chi connectivity index (χ4n) is 1.31. The van der Waals surface area contributed by atoms with Crippen LogP contribution in [0.25, 0.3) is 0 Å². The third kappa shape index (κ3) is 3.38. The molecule has 0 amide bonds. The van der Waals surface area contributed by atoms with Gasteiger partial charge in [-0.25, -0.2) is 0 Å². The Hall–Kier alpha value is -0.770. The molecule has 1 aromatic rings. The average Bonchev–Trinajstić information content (AvgIpc) is 2.25. The number of hydrogen-bond donors (Lipinski definition) is 1. The van der Waals surface area contributed by atoms with Crippen LogP contribution in [0.1, 0.15) is 5.56 Å². The Morgan fingerprint density at radius 1 is 1.47 bits per heavy atom. The first-order valence-electron chi connectivity index (χ1n) is 4.78. The number of aliphatic hydroxyl groups excluding tert-OH is 1. The van der Waals surface area contributed by atoms with E-state index in [0.29, 0.717) is 11.6 Å². The fraction of sp³-hybridized carbons (Fsp3) is 0.455. The van der Waals surface area contributed by atoms with Gasteiger partial charge in [0.15, 0.2) is 0 Å². The largest absolute Gasteiger partial charge is 0.392 e. The highest BCUT2D eigenvalue weighted by Gasteiger charge is 2.06. The van der Waals surface area contributed by atoms with Crippen LogP contribution in [0.2, 0.25) is 5.02 Å². The molecule has 0 radical (unpaired) electrons. The average molecular weight is 230 g/mol. The number of likely N-dealkylation sites (N-methyl/N-ethyl adjacent to an activating group) is 1. The Bertz CT molecular complexity index is 317. The first kappa shape index (κ1) is 12.3. The van der Waals surface area contributed by atoms with Gasteiger partial charge >= 0.3 is 0 Å². The zero-order chi connectivity index (χ0) is 11.3. The number of rotatable bonds is 5. The van der Waals surface area contributed by atoms with E-state index in [9.17, 15) is 0 Å². The molecule has 0 heterocycles. The van der Waals surface area contributed by atoms with E-state index in [2.05, 4.69) is 0 Å². The molecule has 0 aliphatic heterocycles. The van der Waals surface area contributed by atoms with Gasteiger partial charge in [0.25, 0.3) is 0 Å². The molecule has 84 valence electrons. The van der Waals surface area contributed by atoms with Crippen LogP contribution in [0.5, 0.6) is 0 Å². The third-order valence-electron chi connectivity index (χ3n) is 2.24. The second-order valence-corrected chi connectivity index (χ2v) is 3.77. The summed E-state index contributed by atoms with van der Waals surface area (Å²) in [6.45, 7) is 1.46. The first-order chi connectivity index (χ1) is 7.19. The summed E-state index contributed by atoms with van der Waals surface area (Å²) in [5, 5.41) is 9.59. The van der Waals surface area contributed by atoms with Gasteiger partial charge in [0.1, 0.15) is 0 Å². The van der Waals surface area contributed by atoms with Crippen LogP contribution in [0.3, 0.4) is 0 Å². The molecule has 0 aromatic heterocycles. The van der Waals surface area contributed by atoms with E-state index in [4.69, 9.17) is 21.4 Å². The summed E-state index contributed by atoms with van der Waals surface area (Å²) < 4.78 is 4.99. The van der Waals surface area contributed by atoms with Gasteiger partial charge in [-0.1, -0.05) is 17.7 Å². The SMILES string of the molecule is COCCN(C)c1ccc(CO)cc1Cl. The number of aliphatic hydroxyl groups is 1. The molecule has 1 aromatic carbocycles. The van der Waals surface area contributed by atoms with Gasteiger partial charge in [-0.2, -0.15) is 0 Å². The van der Waals surface area contributed by atoms with E-state index >= 15 is 0 Å². The predicted octanol–water partition coefficient (Wildman–Crippen LogP) is 1.91. The van der Waals surface area contributed by atoms with Crippen molar-refractivity contribution >= 4 is 17.3 Å². The molecular formula is C11H16ClNO2. The van der Waals surface area contributed by atoms with Crippen molar-refractivity contribution in [1.29, 1.82) is 0 Å². The van der Waals surface area contributed by atoms with Crippen molar-refractivity contribution in [2.45, 2.75) is 6.61 Å². The van der Waals surface area contributed by atoms with Gasteiger partial charge in [0.2, 0.25) is 0 Å². The van der Waals surface area contributed by atoms with Gasteiger partial charge in [-0.15, -0.1) is 0 Å². The zero-order valence-corrected chi connectivity index (χ0v) is 9.79. The van der Waals surface area contributed by atoms with Crippen molar-refractivity contribution in [2.24, 2.45) is 0 Å². The smallest absolute Gasteiger partial charge is 0.0682 e. The summed E-state index contributed by atoms with van der Waals surface area (Å²) in [5.41, 5.74) is 1.77. The van der Waals surface area contributed by atoms with Crippen LogP contribution in [-0.4, -0.2) is 32.4 Å². The molecular weight excluding hydrogens is 214 g/mol. The predicted molar refractivity (Wildman–Crippen MR) is 62.5 cm³/mol. The van der Waals surface area contributed by atoms with Crippen LogP contribution >= 0.6 is 11.6 Å². The summed E-state index contributed by atoms with van der Waals surface area (Å²) in [6, 6.07) is 5.55. The molecule has 0 spiro atoms. The number of ether oxygens (including phenoxy) is 1. The molecule has 0 saturated heterocycles. The van der Waals surface area contributed by atoms with E-state index in [-0.39, 0.29) is 6.61 Å². The number of anilines is 1. The lowest BCUT2D eigenvalue weighted by atomic mass is 10.2. The quantitative estimate of drug-likeness (QED) is 0.838. The number of hydrogen-bond acceptors (Lipinski definition) is 3. The second-order valence-electron chi connectivity index (χ2n) is 3.36. The Morgan fingerprint density at radius 2 is 2.20 bits per heavy atom. The Labute approximate surface area is 95.2 Å². The minimum Gasteiger partial charge on any atom is -0.392 e. The van der Waals surface area contributed by atoms with Gasteiger partial charge in [0.05, 0.1) is 23.9 Å². The van der Waals surface area contributed by atoms with Gasteiger partial charge < -0.3 is 14.7 Å². The second kappa shape index (κ2) is 5.95. The molecule has 0 fully saturated rings. The van der Waals surface area contributed by atoms with Gasteiger partial charge in [-0.3, -0.25) is 0 Å². The Kier molecular flexibility index (Phi) is 4.88. The minimum atomic E-state index is 0.0157. The van der Waals surface area contributed by atoms with Crippen molar-refractivity contribution in [1.82, 2.24) is 0 Å². The lowest BCUT2D eigenvalue weighted by molar-refractivity contribution is 0.206. The number of methoxy groups -OCH3 is 1. The van der Waals surface area contributed by atoms with E-state index in [1.807, 2.05) is 24.1 Å². The lowest BCUT2D eigenvalue weighted by Gasteiger charge is -2.20. The number of nitrogens with zero attached hydrogens (tertiary/aromatic N) is 1. The molecule has 0 unspecified atom stereocenters. The van der Waals surface area contributed by atoms with Crippen molar-refractivity contribution in [2.75, 3.05) is 32.2 Å². The van der Waals surface area contributed by atoms with Crippen LogP contribution < -0.4 is 4.90 Å². The molecule has 0 atom stereocenters. The summed E-state index contributed by atoms with van der Waals surface area (Å²) in [5.74, 6) is 0. The highest BCUT2D eigenvalue weighted by molar-refractivity contribution is 6.33. The van der Waals surface area contributed by atoms with Crippen molar-refractivity contribution < 1.29 is 9.84 Å². The third-order valence-corrected chi connectivity index (χ3v) is 2.54. The molecule has 0 aliphatic rings.